The Labute approximate surface area is 94.6 Å². The molecule has 2 amide bonds. The highest BCUT2D eigenvalue weighted by molar-refractivity contribution is 5.89. The lowest BCUT2D eigenvalue weighted by atomic mass is 10.1. The molecule has 0 saturated carbocycles. The molecule has 0 radical (unpaired) electrons. The summed E-state index contributed by atoms with van der Waals surface area (Å²) in [5, 5.41) is 8.93. The number of nitrogens with zero attached hydrogens (tertiary/aromatic N) is 1. The zero-order chi connectivity index (χ0) is 11.2. The number of amides is 2. The number of hydrogen-bond donors (Lipinski definition) is 3. The van der Waals surface area contributed by atoms with E-state index < -0.39 is 0 Å². The van der Waals surface area contributed by atoms with E-state index in [4.69, 9.17) is 0 Å². The van der Waals surface area contributed by atoms with Crippen molar-refractivity contribution < 1.29 is 4.79 Å². The van der Waals surface area contributed by atoms with Crippen molar-refractivity contribution in [3.8, 4) is 0 Å². The van der Waals surface area contributed by atoms with Gasteiger partial charge in [0.1, 0.15) is 0 Å². The standard InChI is InChI=1S/C11H16N4O/c16-11(14-9-3-1-5-12-7-9)15-10-4-2-6-13-8-10/h1,3,5,7,10,13H,2,4,6,8H2,(H2,14,15,16). The Hall–Kier alpha value is -1.62. The minimum atomic E-state index is -0.165. The number of carbonyl (C=O) groups excluding carboxylic acids is 1. The molecule has 1 aliphatic heterocycles. The van der Waals surface area contributed by atoms with Crippen molar-refractivity contribution in [3.63, 3.8) is 0 Å². The fourth-order valence-electron chi connectivity index (χ4n) is 1.76. The molecular formula is C11H16N4O. The van der Waals surface area contributed by atoms with E-state index in [0.29, 0.717) is 5.69 Å². The summed E-state index contributed by atoms with van der Waals surface area (Å²) in [6.45, 7) is 1.89. The van der Waals surface area contributed by atoms with Gasteiger partial charge in [0.15, 0.2) is 0 Å². The van der Waals surface area contributed by atoms with Crippen molar-refractivity contribution in [2.24, 2.45) is 0 Å². The van der Waals surface area contributed by atoms with Gasteiger partial charge in [0.2, 0.25) is 0 Å². The van der Waals surface area contributed by atoms with Crippen LogP contribution in [0, 0.1) is 0 Å². The van der Waals surface area contributed by atoms with Crippen LogP contribution < -0.4 is 16.0 Å². The summed E-state index contributed by atoms with van der Waals surface area (Å²) in [7, 11) is 0. The number of nitrogens with one attached hydrogen (secondary N) is 3. The predicted octanol–water partition coefficient (Wildman–Crippen LogP) is 0.955. The smallest absolute Gasteiger partial charge is 0.319 e. The van der Waals surface area contributed by atoms with E-state index in [0.717, 1.165) is 25.9 Å². The Balaban J connectivity index is 1.80. The molecule has 1 saturated heterocycles. The van der Waals surface area contributed by atoms with Crippen LogP contribution in [0.5, 0.6) is 0 Å². The summed E-state index contributed by atoms with van der Waals surface area (Å²) >= 11 is 0. The third kappa shape index (κ3) is 3.20. The SMILES string of the molecule is O=C(Nc1cccnc1)NC1CCCNC1. The number of piperidine rings is 1. The van der Waals surface area contributed by atoms with E-state index in [2.05, 4.69) is 20.9 Å². The lowest BCUT2D eigenvalue weighted by Crippen LogP contribution is -2.47. The van der Waals surface area contributed by atoms with Crippen LogP contribution in [0.25, 0.3) is 0 Å². The minimum Gasteiger partial charge on any atom is -0.334 e. The molecule has 16 heavy (non-hydrogen) atoms. The molecule has 3 N–H and O–H groups in total. The average Bonchev–Trinajstić information content (AvgIpc) is 2.31. The Morgan fingerprint density at radius 1 is 1.56 bits per heavy atom. The van der Waals surface area contributed by atoms with Crippen molar-refractivity contribution in [1.29, 1.82) is 0 Å². The third-order valence-electron chi connectivity index (χ3n) is 2.55. The molecular weight excluding hydrogens is 204 g/mol. The maximum absolute atomic E-state index is 11.6. The molecule has 1 fully saturated rings. The summed E-state index contributed by atoms with van der Waals surface area (Å²) in [5.74, 6) is 0. The highest BCUT2D eigenvalue weighted by atomic mass is 16.2. The Kier molecular flexibility index (Phi) is 3.71. The lowest BCUT2D eigenvalue weighted by Gasteiger charge is -2.23. The maximum Gasteiger partial charge on any atom is 0.319 e. The van der Waals surface area contributed by atoms with E-state index in [9.17, 15) is 4.79 Å². The summed E-state index contributed by atoms with van der Waals surface area (Å²) in [4.78, 5) is 15.5. The van der Waals surface area contributed by atoms with Gasteiger partial charge in [0.25, 0.3) is 0 Å². The third-order valence-corrected chi connectivity index (χ3v) is 2.55. The van der Waals surface area contributed by atoms with Crippen LogP contribution in [0.4, 0.5) is 10.5 Å². The van der Waals surface area contributed by atoms with Gasteiger partial charge in [-0.25, -0.2) is 4.79 Å². The largest absolute Gasteiger partial charge is 0.334 e. The van der Waals surface area contributed by atoms with Crippen LogP contribution in [0.15, 0.2) is 24.5 Å². The van der Waals surface area contributed by atoms with Crippen molar-refractivity contribution >= 4 is 11.7 Å². The predicted molar refractivity (Wildman–Crippen MR) is 62.3 cm³/mol. The molecule has 86 valence electrons. The van der Waals surface area contributed by atoms with Crippen LogP contribution in [0.1, 0.15) is 12.8 Å². The highest BCUT2D eigenvalue weighted by Crippen LogP contribution is 2.04. The molecule has 0 spiro atoms. The first-order valence-electron chi connectivity index (χ1n) is 5.53. The van der Waals surface area contributed by atoms with Gasteiger partial charge in [-0.05, 0) is 31.5 Å². The van der Waals surface area contributed by atoms with E-state index >= 15 is 0 Å². The molecule has 0 aliphatic carbocycles. The number of aromatic nitrogens is 1. The highest BCUT2D eigenvalue weighted by Gasteiger charge is 2.14. The van der Waals surface area contributed by atoms with Crippen LogP contribution in [0.3, 0.4) is 0 Å². The molecule has 1 aromatic heterocycles. The zero-order valence-electron chi connectivity index (χ0n) is 9.07. The first-order valence-corrected chi connectivity index (χ1v) is 5.53. The van der Waals surface area contributed by atoms with E-state index in [-0.39, 0.29) is 12.1 Å². The van der Waals surface area contributed by atoms with Gasteiger partial charge in [-0.2, -0.15) is 0 Å². The molecule has 1 aliphatic rings. The van der Waals surface area contributed by atoms with Crippen molar-refractivity contribution in [2.45, 2.75) is 18.9 Å². The molecule has 1 atom stereocenters. The fourth-order valence-corrected chi connectivity index (χ4v) is 1.76. The second-order valence-corrected chi connectivity index (χ2v) is 3.88. The average molecular weight is 220 g/mol. The molecule has 1 unspecified atom stereocenters. The number of pyridine rings is 1. The van der Waals surface area contributed by atoms with Gasteiger partial charge in [-0.15, -0.1) is 0 Å². The topological polar surface area (TPSA) is 66.0 Å². The zero-order valence-corrected chi connectivity index (χ0v) is 9.07. The van der Waals surface area contributed by atoms with E-state index in [1.165, 1.54) is 0 Å². The normalized spacial score (nSPS) is 20.1. The van der Waals surface area contributed by atoms with Crippen molar-refractivity contribution in [1.82, 2.24) is 15.6 Å². The van der Waals surface area contributed by atoms with Crippen molar-refractivity contribution in [2.75, 3.05) is 18.4 Å². The molecule has 0 aromatic carbocycles. The number of hydrogen-bond acceptors (Lipinski definition) is 3. The molecule has 2 rings (SSSR count). The van der Waals surface area contributed by atoms with Gasteiger partial charge < -0.3 is 16.0 Å². The maximum atomic E-state index is 11.6. The Morgan fingerprint density at radius 2 is 2.50 bits per heavy atom. The number of carbonyl (C=O) groups is 1. The second kappa shape index (κ2) is 5.46. The molecule has 2 heterocycles. The quantitative estimate of drug-likeness (QED) is 0.695. The summed E-state index contributed by atoms with van der Waals surface area (Å²) < 4.78 is 0. The minimum absolute atomic E-state index is 0.165. The summed E-state index contributed by atoms with van der Waals surface area (Å²) in [6.07, 6.45) is 5.44. The molecule has 5 nitrogen and oxygen atoms in total. The molecule has 0 bridgehead atoms. The number of urea groups is 1. The van der Waals surface area contributed by atoms with E-state index in [1.54, 1.807) is 18.5 Å². The molecule has 1 aromatic rings. The van der Waals surface area contributed by atoms with Gasteiger partial charge in [-0.1, -0.05) is 0 Å². The second-order valence-electron chi connectivity index (χ2n) is 3.88. The molecule has 5 heteroatoms. The van der Waals surface area contributed by atoms with Crippen LogP contribution in [-0.2, 0) is 0 Å². The van der Waals surface area contributed by atoms with Crippen LogP contribution in [0.2, 0.25) is 0 Å². The van der Waals surface area contributed by atoms with Gasteiger partial charge in [-0.3, -0.25) is 4.98 Å². The van der Waals surface area contributed by atoms with E-state index in [1.807, 2.05) is 6.07 Å². The van der Waals surface area contributed by atoms with Gasteiger partial charge in [0.05, 0.1) is 11.9 Å². The Bertz CT molecular complexity index is 335. The first-order chi connectivity index (χ1) is 7.84. The van der Waals surface area contributed by atoms with Gasteiger partial charge in [0, 0.05) is 18.8 Å². The van der Waals surface area contributed by atoms with Crippen molar-refractivity contribution in [3.05, 3.63) is 24.5 Å². The van der Waals surface area contributed by atoms with Crippen LogP contribution >= 0.6 is 0 Å². The Morgan fingerprint density at radius 3 is 3.19 bits per heavy atom. The lowest BCUT2D eigenvalue weighted by molar-refractivity contribution is 0.245. The number of anilines is 1. The first kappa shape index (κ1) is 10.9. The monoisotopic (exact) mass is 220 g/mol. The summed E-state index contributed by atoms with van der Waals surface area (Å²) in [5.41, 5.74) is 0.712. The van der Waals surface area contributed by atoms with Crippen LogP contribution in [-0.4, -0.2) is 30.1 Å². The summed E-state index contributed by atoms with van der Waals surface area (Å²) in [6, 6.07) is 3.66. The number of rotatable bonds is 2. The van der Waals surface area contributed by atoms with Gasteiger partial charge >= 0.3 is 6.03 Å². The fraction of sp³-hybridized carbons (Fsp3) is 0.455.